The van der Waals surface area contributed by atoms with Gasteiger partial charge in [-0.15, -0.1) is 4.80 Å². The lowest BCUT2D eigenvalue weighted by Gasteiger charge is -2.12. The summed E-state index contributed by atoms with van der Waals surface area (Å²) in [6, 6.07) is 7.90. The molecule has 0 atom stereocenters. The number of aromatic nitrogens is 4. The van der Waals surface area contributed by atoms with E-state index in [4.69, 9.17) is 17.3 Å². The molecule has 0 aliphatic carbocycles. The summed E-state index contributed by atoms with van der Waals surface area (Å²) in [6.07, 6.45) is 4.31. The zero-order valence-electron chi connectivity index (χ0n) is 15.5. The molecule has 0 aliphatic rings. The zero-order chi connectivity index (χ0) is 22.1. The van der Waals surface area contributed by atoms with E-state index in [1.807, 2.05) is 22.6 Å². The molecule has 3 N–H and O–H groups in total. The maximum Gasteiger partial charge on any atom is 0.258 e. The largest absolute Gasteiger partial charge is 0.398 e. The van der Waals surface area contributed by atoms with Gasteiger partial charge in [-0.3, -0.25) is 4.79 Å². The average Bonchev–Trinajstić information content (AvgIpc) is 3.24. The van der Waals surface area contributed by atoms with Crippen molar-refractivity contribution in [2.75, 3.05) is 11.1 Å². The molecule has 7 nitrogen and oxygen atoms in total. The number of carbonyl (C=O) groups is 1. The standard InChI is InChI=1S/C20H12ClF2IN6O/c21-15-6-11(9-26-19(15)30-27-3-4-28-30)29-20(31)14-8-17(24)13(7-16(14)23)12-2-1-10(22)5-18(12)25/h1-9H,25H2,(H,29,31). The number of rotatable bonds is 4. The maximum atomic E-state index is 14.8. The van der Waals surface area contributed by atoms with Crippen LogP contribution in [-0.2, 0) is 0 Å². The Bertz CT molecular complexity index is 1300. The number of nitrogens with one attached hydrogen (secondary N) is 1. The Labute approximate surface area is 193 Å². The highest BCUT2D eigenvalue weighted by Gasteiger charge is 2.18. The third-order valence-electron chi connectivity index (χ3n) is 4.29. The number of nitrogens with two attached hydrogens (primary N) is 1. The van der Waals surface area contributed by atoms with Gasteiger partial charge in [0.1, 0.15) is 11.6 Å². The van der Waals surface area contributed by atoms with Crippen molar-refractivity contribution in [2.45, 2.75) is 0 Å². The Balaban J connectivity index is 1.61. The van der Waals surface area contributed by atoms with Gasteiger partial charge in [0.15, 0.2) is 5.82 Å². The van der Waals surface area contributed by atoms with Crippen molar-refractivity contribution in [1.29, 1.82) is 0 Å². The number of carbonyl (C=O) groups excluding carboxylic acids is 1. The topological polar surface area (TPSA) is 98.7 Å². The van der Waals surface area contributed by atoms with Crippen LogP contribution in [0, 0.1) is 15.2 Å². The van der Waals surface area contributed by atoms with Crippen molar-refractivity contribution in [1.82, 2.24) is 20.0 Å². The van der Waals surface area contributed by atoms with E-state index in [1.54, 1.807) is 0 Å². The third-order valence-corrected chi connectivity index (χ3v) is 5.46. The van der Waals surface area contributed by atoms with Crippen LogP contribution in [0.5, 0.6) is 0 Å². The van der Waals surface area contributed by atoms with Gasteiger partial charge >= 0.3 is 0 Å². The fourth-order valence-corrected chi connectivity index (χ4v) is 3.88. The minimum absolute atomic E-state index is 0.169. The van der Waals surface area contributed by atoms with E-state index in [0.717, 1.165) is 6.07 Å². The molecule has 0 fully saturated rings. The smallest absolute Gasteiger partial charge is 0.258 e. The molecule has 4 aromatic rings. The summed E-state index contributed by atoms with van der Waals surface area (Å²) >= 11 is 8.16. The van der Waals surface area contributed by atoms with Crippen molar-refractivity contribution in [3.63, 3.8) is 0 Å². The third kappa shape index (κ3) is 4.35. The fraction of sp³-hybridized carbons (Fsp3) is 0. The van der Waals surface area contributed by atoms with Gasteiger partial charge in [0.2, 0.25) is 0 Å². The predicted octanol–water partition coefficient (Wildman–Crippen LogP) is 4.70. The summed E-state index contributed by atoms with van der Waals surface area (Å²) < 4.78 is 28.7. The van der Waals surface area contributed by atoms with E-state index in [1.165, 1.54) is 53.7 Å². The first-order valence-electron chi connectivity index (χ1n) is 8.71. The van der Waals surface area contributed by atoms with Gasteiger partial charge < -0.3 is 11.1 Å². The second kappa shape index (κ2) is 8.55. The first-order chi connectivity index (χ1) is 14.8. The second-order valence-electron chi connectivity index (χ2n) is 6.35. The van der Waals surface area contributed by atoms with Crippen LogP contribution < -0.4 is 11.1 Å². The number of nitrogen functional groups attached to an aromatic ring is 1. The lowest BCUT2D eigenvalue weighted by molar-refractivity contribution is 0.102. The van der Waals surface area contributed by atoms with Gasteiger partial charge in [0, 0.05) is 20.4 Å². The fourth-order valence-electron chi connectivity index (χ4n) is 2.88. The highest BCUT2D eigenvalue weighted by molar-refractivity contribution is 14.1. The molecule has 156 valence electrons. The molecule has 11 heteroatoms. The summed E-state index contributed by atoms with van der Waals surface area (Å²) in [6.45, 7) is 0. The molecule has 2 heterocycles. The predicted molar refractivity (Wildman–Crippen MR) is 121 cm³/mol. The number of pyridine rings is 1. The Morgan fingerprint density at radius 1 is 1.10 bits per heavy atom. The molecule has 2 aromatic carbocycles. The molecule has 0 radical (unpaired) electrons. The molecule has 0 aliphatic heterocycles. The molecular weight excluding hydrogens is 541 g/mol. The van der Waals surface area contributed by atoms with Gasteiger partial charge in [-0.2, -0.15) is 10.2 Å². The quantitative estimate of drug-likeness (QED) is 0.283. The molecule has 0 spiro atoms. The monoisotopic (exact) mass is 552 g/mol. The van der Waals surface area contributed by atoms with Gasteiger partial charge in [-0.25, -0.2) is 13.8 Å². The molecule has 4 rings (SSSR count). The average molecular weight is 553 g/mol. The number of benzene rings is 2. The zero-order valence-corrected chi connectivity index (χ0v) is 18.4. The van der Waals surface area contributed by atoms with E-state index >= 15 is 0 Å². The number of amides is 1. The minimum Gasteiger partial charge on any atom is -0.398 e. The summed E-state index contributed by atoms with van der Waals surface area (Å²) in [5.74, 6) is -1.65. The molecule has 2 aromatic heterocycles. The van der Waals surface area contributed by atoms with Gasteiger partial charge in [0.25, 0.3) is 5.91 Å². The molecule has 31 heavy (non-hydrogen) atoms. The summed E-state index contributed by atoms with van der Waals surface area (Å²) in [7, 11) is 0. The lowest BCUT2D eigenvalue weighted by Crippen LogP contribution is -2.15. The van der Waals surface area contributed by atoms with Gasteiger partial charge in [0.05, 0.1) is 34.9 Å². The highest BCUT2D eigenvalue weighted by Crippen LogP contribution is 2.32. The van der Waals surface area contributed by atoms with Crippen LogP contribution in [0.25, 0.3) is 16.9 Å². The molecule has 0 unspecified atom stereocenters. The van der Waals surface area contributed by atoms with E-state index < -0.39 is 17.5 Å². The van der Waals surface area contributed by atoms with E-state index in [9.17, 15) is 13.6 Å². The van der Waals surface area contributed by atoms with Crippen LogP contribution in [0.2, 0.25) is 5.02 Å². The highest BCUT2D eigenvalue weighted by atomic mass is 127. The van der Waals surface area contributed by atoms with Crippen LogP contribution in [0.1, 0.15) is 10.4 Å². The Hall–Kier alpha value is -3.12. The van der Waals surface area contributed by atoms with Crippen LogP contribution >= 0.6 is 34.2 Å². The maximum absolute atomic E-state index is 14.8. The van der Waals surface area contributed by atoms with Crippen LogP contribution in [-0.4, -0.2) is 25.9 Å². The van der Waals surface area contributed by atoms with Crippen molar-refractivity contribution in [3.05, 3.63) is 80.8 Å². The number of anilines is 2. The molecule has 0 bridgehead atoms. The first kappa shape index (κ1) is 21.1. The Kier molecular flexibility index (Phi) is 5.83. The molecule has 0 saturated carbocycles. The number of hydrogen-bond acceptors (Lipinski definition) is 5. The number of halogens is 4. The van der Waals surface area contributed by atoms with Crippen LogP contribution in [0.15, 0.2) is 55.0 Å². The SMILES string of the molecule is Nc1cc(F)ccc1-c1cc(F)c(C(=O)Nc2cnc(-n3nccn3)c(Cl)c2)cc1I. The van der Waals surface area contributed by atoms with Crippen LogP contribution in [0.3, 0.4) is 0 Å². The lowest BCUT2D eigenvalue weighted by atomic mass is 10.0. The second-order valence-corrected chi connectivity index (χ2v) is 7.91. The molecule has 1 amide bonds. The normalized spacial score (nSPS) is 10.8. The van der Waals surface area contributed by atoms with Crippen molar-refractivity contribution in [3.8, 4) is 16.9 Å². The van der Waals surface area contributed by atoms with Crippen LogP contribution in [0.4, 0.5) is 20.2 Å². The Morgan fingerprint density at radius 2 is 1.84 bits per heavy atom. The van der Waals surface area contributed by atoms with E-state index in [0.29, 0.717) is 14.7 Å². The van der Waals surface area contributed by atoms with E-state index in [-0.39, 0.29) is 27.8 Å². The van der Waals surface area contributed by atoms with Crippen molar-refractivity contribution < 1.29 is 13.6 Å². The number of hydrogen-bond donors (Lipinski definition) is 2. The first-order valence-corrected chi connectivity index (χ1v) is 10.2. The van der Waals surface area contributed by atoms with Crippen molar-refractivity contribution in [2.24, 2.45) is 0 Å². The number of nitrogens with zero attached hydrogens (tertiary/aromatic N) is 4. The Morgan fingerprint density at radius 3 is 2.52 bits per heavy atom. The summed E-state index contributed by atoms with van der Waals surface area (Å²) in [4.78, 5) is 18.0. The van der Waals surface area contributed by atoms with Gasteiger partial charge in [-0.05, 0) is 59.0 Å². The summed E-state index contributed by atoms with van der Waals surface area (Å²) in [5, 5.41) is 10.6. The minimum atomic E-state index is -0.756. The molecule has 0 saturated heterocycles. The van der Waals surface area contributed by atoms with Gasteiger partial charge in [-0.1, -0.05) is 11.6 Å². The van der Waals surface area contributed by atoms with E-state index in [2.05, 4.69) is 20.5 Å². The summed E-state index contributed by atoms with van der Waals surface area (Å²) in [5.41, 5.74) is 7.04. The molecular formula is C20H12ClF2IN6O. The van der Waals surface area contributed by atoms with Crippen molar-refractivity contribution >= 4 is 51.5 Å².